The first-order chi connectivity index (χ1) is 6.79. The average Bonchev–Trinajstić information content (AvgIpc) is 2.12. The second-order valence-electron chi connectivity index (χ2n) is 2.60. The largest absolute Gasteiger partial charge is 0.460 e. The standard InChI is InChI=1S/C7H12O7S/c1-2-3-6(9)14-4-5(8)7(10)15(11,12)13/h2-3,5,7-8,10H,4H2,1H3,(H,11,12,13). The van der Waals surface area contributed by atoms with Crippen molar-refractivity contribution in [1.29, 1.82) is 0 Å². The zero-order valence-corrected chi connectivity index (χ0v) is 8.72. The van der Waals surface area contributed by atoms with E-state index in [1.54, 1.807) is 6.92 Å². The second-order valence-corrected chi connectivity index (χ2v) is 4.12. The Balaban J connectivity index is 4.16. The highest BCUT2D eigenvalue weighted by atomic mass is 32.2. The van der Waals surface area contributed by atoms with Crippen molar-refractivity contribution in [2.24, 2.45) is 0 Å². The monoisotopic (exact) mass is 240 g/mol. The van der Waals surface area contributed by atoms with Crippen molar-refractivity contribution in [3.8, 4) is 0 Å². The van der Waals surface area contributed by atoms with E-state index in [1.165, 1.54) is 6.08 Å². The predicted octanol–water partition coefficient (Wildman–Crippen LogP) is -1.33. The molecule has 0 saturated heterocycles. The molecule has 0 aliphatic rings. The van der Waals surface area contributed by atoms with Gasteiger partial charge >= 0.3 is 5.97 Å². The van der Waals surface area contributed by atoms with Crippen molar-refractivity contribution in [3.05, 3.63) is 12.2 Å². The molecule has 0 rings (SSSR count). The van der Waals surface area contributed by atoms with E-state index < -0.39 is 34.2 Å². The summed E-state index contributed by atoms with van der Waals surface area (Å²) in [6.07, 6.45) is 0.537. The molecule has 0 aromatic heterocycles. The molecule has 0 radical (unpaired) electrons. The Morgan fingerprint density at radius 3 is 2.40 bits per heavy atom. The van der Waals surface area contributed by atoms with Crippen LogP contribution < -0.4 is 0 Å². The number of rotatable bonds is 5. The van der Waals surface area contributed by atoms with Crippen LogP contribution in [0.5, 0.6) is 0 Å². The highest BCUT2D eigenvalue weighted by molar-refractivity contribution is 7.86. The lowest BCUT2D eigenvalue weighted by Gasteiger charge is -2.14. The molecule has 0 heterocycles. The first-order valence-corrected chi connectivity index (χ1v) is 5.41. The smallest absolute Gasteiger partial charge is 0.330 e. The summed E-state index contributed by atoms with van der Waals surface area (Å²) in [5, 5.41) is 17.8. The molecule has 0 fully saturated rings. The molecule has 8 heteroatoms. The van der Waals surface area contributed by atoms with E-state index in [-0.39, 0.29) is 0 Å². The molecule has 2 unspecified atom stereocenters. The maximum atomic E-state index is 10.7. The van der Waals surface area contributed by atoms with Gasteiger partial charge in [0.05, 0.1) is 0 Å². The molecule has 0 bridgehead atoms. The van der Waals surface area contributed by atoms with Gasteiger partial charge in [-0.25, -0.2) is 4.79 Å². The van der Waals surface area contributed by atoms with Gasteiger partial charge in [-0.05, 0) is 6.92 Å². The third kappa shape index (κ3) is 5.47. The summed E-state index contributed by atoms with van der Waals surface area (Å²) >= 11 is 0. The minimum absolute atomic E-state index is 0.732. The maximum absolute atomic E-state index is 10.7. The fourth-order valence-electron chi connectivity index (χ4n) is 0.633. The van der Waals surface area contributed by atoms with Crippen LogP contribution in [0.25, 0.3) is 0 Å². The van der Waals surface area contributed by atoms with Gasteiger partial charge in [-0.3, -0.25) is 4.55 Å². The zero-order chi connectivity index (χ0) is 12.1. The zero-order valence-electron chi connectivity index (χ0n) is 7.90. The van der Waals surface area contributed by atoms with Gasteiger partial charge < -0.3 is 14.9 Å². The molecule has 0 spiro atoms. The number of aliphatic hydroxyl groups is 2. The third-order valence-electron chi connectivity index (χ3n) is 1.33. The molecule has 7 nitrogen and oxygen atoms in total. The number of aliphatic hydroxyl groups excluding tert-OH is 2. The van der Waals surface area contributed by atoms with Crippen molar-refractivity contribution >= 4 is 16.1 Å². The van der Waals surface area contributed by atoms with Crippen LogP contribution in [0.4, 0.5) is 0 Å². The van der Waals surface area contributed by atoms with Gasteiger partial charge in [0.15, 0.2) is 0 Å². The Hall–Kier alpha value is -0.960. The minimum Gasteiger partial charge on any atom is -0.460 e. The molecule has 0 aromatic rings. The van der Waals surface area contributed by atoms with E-state index in [9.17, 15) is 13.2 Å². The van der Waals surface area contributed by atoms with Crippen LogP contribution in [0.15, 0.2) is 12.2 Å². The van der Waals surface area contributed by atoms with Crippen LogP contribution in [0.2, 0.25) is 0 Å². The summed E-state index contributed by atoms with van der Waals surface area (Å²) in [5.74, 6) is -0.793. The van der Waals surface area contributed by atoms with Gasteiger partial charge in [0.2, 0.25) is 5.44 Å². The number of hydrogen-bond donors (Lipinski definition) is 3. The highest BCUT2D eigenvalue weighted by Gasteiger charge is 2.29. The lowest BCUT2D eigenvalue weighted by atomic mass is 10.4. The lowest BCUT2D eigenvalue weighted by molar-refractivity contribution is -0.141. The topological polar surface area (TPSA) is 121 Å². The van der Waals surface area contributed by atoms with Crippen molar-refractivity contribution in [3.63, 3.8) is 0 Å². The molecular weight excluding hydrogens is 228 g/mol. The van der Waals surface area contributed by atoms with E-state index in [1.807, 2.05) is 0 Å². The Morgan fingerprint density at radius 1 is 1.47 bits per heavy atom. The molecule has 15 heavy (non-hydrogen) atoms. The van der Waals surface area contributed by atoms with Crippen LogP contribution >= 0.6 is 0 Å². The quantitative estimate of drug-likeness (QED) is 0.309. The Labute approximate surface area is 86.7 Å². The summed E-state index contributed by atoms with van der Waals surface area (Å²) in [6.45, 7) is 0.828. The van der Waals surface area contributed by atoms with Gasteiger partial charge in [0.1, 0.15) is 12.7 Å². The van der Waals surface area contributed by atoms with Gasteiger partial charge in [0.25, 0.3) is 10.1 Å². The number of carbonyl (C=O) groups excluding carboxylic acids is 1. The van der Waals surface area contributed by atoms with Crippen molar-refractivity contribution in [2.75, 3.05) is 6.61 Å². The molecular formula is C7H12O7S. The van der Waals surface area contributed by atoms with Gasteiger partial charge in [-0.1, -0.05) is 6.08 Å². The molecule has 2 atom stereocenters. The van der Waals surface area contributed by atoms with Crippen LogP contribution in [-0.4, -0.2) is 47.3 Å². The first-order valence-electron chi connectivity index (χ1n) is 3.91. The van der Waals surface area contributed by atoms with E-state index in [2.05, 4.69) is 4.74 Å². The summed E-state index contributed by atoms with van der Waals surface area (Å²) in [6, 6.07) is 0. The summed E-state index contributed by atoms with van der Waals surface area (Å²) in [5.41, 5.74) is -2.39. The Morgan fingerprint density at radius 2 is 2.00 bits per heavy atom. The molecule has 3 N–H and O–H groups in total. The molecule has 88 valence electrons. The fourth-order valence-corrected chi connectivity index (χ4v) is 1.11. The number of hydrogen-bond acceptors (Lipinski definition) is 6. The number of allylic oxidation sites excluding steroid dienone is 1. The summed E-state index contributed by atoms with van der Waals surface area (Å²) in [4.78, 5) is 10.7. The van der Waals surface area contributed by atoms with Crippen molar-refractivity contribution < 1.29 is 32.7 Å². The Kier molecular flexibility index (Phi) is 5.44. The third-order valence-corrected chi connectivity index (χ3v) is 2.26. The molecule has 0 aliphatic heterocycles. The highest BCUT2D eigenvalue weighted by Crippen LogP contribution is 2.02. The predicted molar refractivity (Wildman–Crippen MR) is 49.3 cm³/mol. The lowest BCUT2D eigenvalue weighted by Crippen LogP contribution is -2.37. The summed E-state index contributed by atoms with van der Waals surface area (Å²) < 4.78 is 33.4. The molecule has 0 saturated carbocycles. The van der Waals surface area contributed by atoms with E-state index in [0.29, 0.717) is 0 Å². The normalized spacial score (nSPS) is 16.3. The van der Waals surface area contributed by atoms with Crippen LogP contribution in [0.1, 0.15) is 6.92 Å². The van der Waals surface area contributed by atoms with E-state index in [4.69, 9.17) is 14.8 Å². The van der Waals surface area contributed by atoms with E-state index >= 15 is 0 Å². The average molecular weight is 240 g/mol. The van der Waals surface area contributed by atoms with Crippen molar-refractivity contribution in [2.45, 2.75) is 18.5 Å². The van der Waals surface area contributed by atoms with Crippen molar-refractivity contribution in [1.82, 2.24) is 0 Å². The molecule has 0 amide bonds. The van der Waals surface area contributed by atoms with Crippen LogP contribution in [-0.2, 0) is 19.6 Å². The van der Waals surface area contributed by atoms with Gasteiger partial charge in [0, 0.05) is 6.08 Å². The number of carbonyl (C=O) groups is 1. The number of ether oxygens (including phenoxy) is 1. The molecule has 0 aromatic carbocycles. The molecule has 0 aliphatic carbocycles. The maximum Gasteiger partial charge on any atom is 0.330 e. The van der Waals surface area contributed by atoms with Crippen LogP contribution in [0.3, 0.4) is 0 Å². The van der Waals surface area contributed by atoms with Gasteiger partial charge in [-0.2, -0.15) is 8.42 Å². The minimum atomic E-state index is -4.77. The fraction of sp³-hybridized carbons (Fsp3) is 0.571. The SMILES string of the molecule is CC=CC(=O)OCC(O)C(O)S(=O)(=O)O. The van der Waals surface area contributed by atoms with Gasteiger partial charge in [-0.15, -0.1) is 0 Å². The summed E-state index contributed by atoms with van der Waals surface area (Å²) in [7, 11) is -4.77. The second kappa shape index (κ2) is 5.81. The first kappa shape index (κ1) is 14.0. The van der Waals surface area contributed by atoms with E-state index in [0.717, 1.165) is 6.08 Å². The van der Waals surface area contributed by atoms with Crippen LogP contribution in [0, 0.1) is 0 Å². The number of esters is 1. The Bertz CT molecular complexity index is 331.